The molecule has 1 unspecified atom stereocenters. The summed E-state index contributed by atoms with van der Waals surface area (Å²) in [7, 11) is 0. The molecule has 1 amide bonds. The number of nitrogens with one attached hydrogen (secondary N) is 1. The van der Waals surface area contributed by atoms with E-state index in [-0.39, 0.29) is 6.10 Å². The van der Waals surface area contributed by atoms with Gasteiger partial charge in [-0.2, -0.15) is 0 Å². The van der Waals surface area contributed by atoms with Crippen molar-refractivity contribution in [1.29, 1.82) is 0 Å². The van der Waals surface area contributed by atoms with E-state index in [2.05, 4.69) is 4.90 Å². The second-order valence-electron chi connectivity index (χ2n) is 7.16. The van der Waals surface area contributed by atoms with Crippen LogP contribution in [0.5, 0.6) is 0 Å². The van der Waals surface area contributed by atoms with Crippen LogP contribution in [0, 0.1) is 11.8 Å². The van der Waals surface area contributed by atoms with Gasteiger partial charge < -0.3 is 14.9 Å². The first kappa shape index (κ1) is 12.2. The molecule has 0 radical (unpaired) electrons. The van der Waals surface area contributed by atoms with Gasteiger partial charge in [0.05, 0.1) is 25.2 Å². The molecule has 6 atom stereocenters. The third-order valence-corrected chi connectivity index (χ3v) is 6.13. The van der Waals surface area contributed by atoms with Crippen LogP contribution < -0.4 is 4.90 Å². The minimum Gasteiger partial charge on any atom is -0.393 e. The van der Waals surface area contributed by atoms with E-state index in [0.717, 1.165) is 44.7 Å². The first-order valence-corrected chi connectivity index (χ1v) is 8.04. The first-order valence-electron chi connectivity index (χ1n) is 8.04. The quantitative estimate of drug-likeness (QED) is 0.616. The van der Waals surface area contributed by atoms with Crippen LogP contribution in [0.2, 0.25) is 0 Å². The first-order chi connectivity index (χ1) is 9.22. The van der Waals surface area contributed by atoms with Crippen molar-refractivity contribution in [2.45, 2.75) is 56.7 Å². The molecule has 4 nitrogen and oxygen atoms in total. The topological polar surface area (TPSA) is 45.0 Å². The van der Waals surface area contributed by atoms with Crippen LogP contribution in [0.4, 0.5) is 0 Å². The van der Waals surface area contributed by atoms with Crippen molar-refractivity contribution in [3.05, 3.63) is 0 Å². The molecule has 19 heavy (non-hydrogen) atoms. The molecule has 4 heterocycles. The summed E-state index contributed by atoms with van der Waals surface area (Å²) in [5.41, 5.74) is 0. The summed E-state index contributed by atoms with van der Waals surface area (Å²) in [6.07, 6.45) is 6.22. The molecule has 0 aliphatic carbocycles. The Balaban J connectivity index is 1.58. The predicted octanol–water partition coefficient (Wildman–Crippen LogP) is -0.575. The maximum Gasteiger partial charge on any atom is 0.222 e. The zero-order valence-corrected chi connectivity index (χ0v) is 11.6. The fraction of sp³-hybridized carbons (Fsp3) is 0.933. The number of hydrogen-bond acceptors (Lipinski definition) is 2. The largest absolute Gasteiger partial charge is 0.393 e. The Bertz CT molecular complexity index is 386. The van der Waals surface area contributed by atoms with Crippen LogP contribution in [0.1, 0.15) is 38.5 Å². The predicted molar refractivity (Wildman–Crippen MR) is 70.7 cm³/mol. The molecule has 4 fully saturated rings. The third kappa shape index (κ3) is 1.91. The Morgan fingerprint density at radius 2 is 2.11 bits per heavy atom. The van der Waals surface area contributed by atoms with Crippen LogP contribution in [-0.2, 0) is 4.79 Å². The van der Waals surface area contributed by atoms with Crippen molar-refractivity contribution >= 4 is 5.91 Å². The summed E-state index contributed by atoms with van der Waals surface area (Å²) in [4.78, 5) is 16.1. The van der Waals surface area contributed by atoms with E-state index in [4.69, 9.17) is 0 Å². The van der Waals surface area contributed by atoms with E-state index in [1.165, 1.54) is 19.4 Å². The molecule has 4 heteroatoms. The molecule has 0 aromatic heterocycles. The number of hydrogen-bond donors (Lipinski definition) is 2. The number of quaternary nitrogens is 1. The summed E-state index contributed by atoms with van der Waals surface area (Å²) < 4.78 is 0. The summed E-state index contributed by atoms with van der Waals surface area (Å²) in [6.45, 7) is 3.35. The molecule has 4 aliphatic rings. The van der Waals surface area contributed by atoms with Gasteiger partial charge in [0, 0.05) is 43.7 Å². The SMILES string of the molecule is O=C1CCC[C@@H]2[C@@H]3C[C@H](CN12)[C@H]1C[C@@H](O)CC[NH+]1C3. The monoisotopic (exact) mass is 265 g/mol. The zero-order valence-electron chi connectivity index (χ0n) is 11.6. The Hall–Kier alpha value is -0.610. The molecule has 4 saturated heterocycles. The van der Waals surface area contributed by atoms with Gasteiger partial charge in [-0.25, -0.2) is 0 Å². The molecule has 0 aromatic rings. The standard InChI is InChI=1S/C15H24N2O2/c18-12-4-5-16-8-10-6-11(14(16)7-12)9-17-13(10)2-1-3-15(17)19/h10-14,18H,1-9H2/p+1/t10-,11-,12+,13-,14-/m1/s1. The average molecular weight is 265 g/mol. The maximum absolute atomic E-state index is 12.2. The highest BCUT2D eigenvalue weighted by molar-refractivity contribution is 5.77. The van der Waals surface area contributed by atoms with Gasteiger partial charge in [0.1, 0.15) is 0 Å². The van der Waals surface area contributed by atoms with Gasteiger partial charge in [-0.1, -0.05) is 0 Å². The van der Waals surface area contributed by atoms with Crippen molar-refractivity contribution in [2.75, 3.05) is 19.6 Å². The molecule has 2 N–H and O–H groups in total. The average Bonchev–Trinajstić information content (AvgIpc) is 2.41. The lowest BCUT2D eigenvalue weighted by Gasteiger charge is -2.55. The molecular weight excluding hydrogens is 240 g/mol. The van der Waals surface area contributed by atoms with Crippen LogP contribution in [0.3, 0.4) is 0 Å². The third-order valence-electron chi connectivity index (χ3n) is 6.13. The van der Waals surface area contributed by atoms with Crippen molar-refractivity contribution in [3.8, 4) is 0 Å². The lowest BCUT2D eigenvalue weighted by atomic mass is 9.70. The van der Waals surface area contributed by atoms with Gasteiger partial charge >= 0.3 is 0 Å². The Morgan fingerprint density at radius 3 is 3.00 bits per heavy atom. The maximum atomic E-state index is 12.2. The Morgan fingerprint density at radius 1 is 1.21 bits per heavy atom. The molecule has 4 rings (SSSR count). The molecule has 106 valence electrons. The van der Waals surface area contributed by atoms with Gasteiger partial charge in [0.25, 0.3) is 0 Å². The normalized spacial score (nSPS) is 49.5. The van der Waals surface area contributed by atoms with Crippen LogP contribution >= 0.6 is 0 Å². The van der Waals surface area contributed by atoms with E-state index in [1.54, 1.807) is 4.90 Å². The number of amides is 1. The van der Waals surface area contributed by atoms with Crippen molar-refractivity contribution in [1.82, 2.24) is 4.90 Å². The minimum absolute atomic E-state index is 0.0971. The van der Waals surface area contributed by atoms with Gasteiger partial charge in [0.2, 0.25) is 5.91 Å². The second-order valence-corrected chi connectivity index (χ2v) is 7.16. The number of carbonyl (C=O) groups is 1. The summed E-state index contributed by atoms with van der Waals surface area (Å²) in [5, 5.41) is 9.94. The minimum atomic E-state index is -0.0971. The van der Waals surface area contributed by atoms with Gasteiger partial charge in [0.15, 0.2) is 0 Å². The smallest absolute Gasteiger partial charge is 0.222 e. The van der Waals surface area contributed by atoms with Gasteiger partial charge in [-0.05, 0) is 19.3 Å². The molecule has 2 bridgehead atoms. The second kappa shape index (κ2) is 4.45. The van der Waals surface area contributed by atoms with E-state index in [9.17, 15) is 9.90 Å². The Kier molecular flexibility index (Phi) is 2.85. The van der Waals surface area contributed by atoms with Crippen molar-refractivity contribution in [3.63, 3.8) is 0 Å². The number of fused-ring (bicyclic) bond motifs is 6. The summed E-state index contributed by atoms with van der Waals surface area (Å²) >= 11 is 0. The lowest BCUT2D eigenvalue weighted by Crippen LogP contribution is -3.20. The van der Waals surface area contributed by atoms with Crippen LogP contribution in [0.15, 0.2) is 0 Å². The fourth-order valence-electron chi connectivity index (χ4n) is 5.29. The number of piperidine rings is 4. The zero-order chi connectivity index (χ0) is 13.0. The highest BCUT2D eigenvalue weighted by Gasteiger charge is 2.51. The molecule has 0 spiro atoms. The lowest BCUT2D eigenvalue weighted by molar-refractivity contribution is -0.946. The number of nitrogens with zero attached hydrogens (tertiary/aromatic N) is 1. The van der Waals surface area contributed by atoms with Crippen LogP contribution in [-0.4, -0.2) is 53.7 Å². The van der Waals surface area contributed by atoms with E-state index >= 15 is 0 Å². The van der Waals surface area contributed by atoms with Crippen molar-refractivity contribution in [2.24, 2.45) is 11.8 Å². The highest BCUT2D eigenvalue weighted by atomic mass is 16.3. The van der Waals surface area contributed by atoms with Crippen molar-refractivity contribution < 1.29 is 14.8 Å². The van der Waals surface area contributed by atoms with Gasteiger partial charge in [-0.15, -0.1) is 0 Å². The molecular formula is C15H25N2O2+. The summed E-state index contributed by atoms with van der Waals surface area (Å²) in [5.74, 6) is 1.76. The Labute approximate surface area is 114 Å². The summed E-state index contributed by atoms with van der Waals surface area (Å²) in [6, 6.07) is 1.15. The van der Waals surface area contributed by atoms with Crippen LogP contribution in [0.25, 0.3) is 0 Å². The van der Waals surface area contributed by atoms with E-state index in [0.29, 0.717) is 23.9 Å². The molecule has 0 saturated carbocycles. The number of carbonyl (C=O) groups excluding carboxylic acids is 1. The number of aliphatic hydroxyl groups is 1. The van der Waals surface area contributed by atoms with Gasteiger partial charge in [-0.3, -0.25) is 4.79 Å². The van der Waals surface area contributed by atoms with E-state index in [1.807, 2.05) is 0 Å². The molecule has 4 aliphatic heterocycles. The number of aliphatic hydroxyl groups excluding tert-OH is 1. The van der Waals surface area contributed by atoms with E-state index < -0.39 is 0 Å². The number of rotatable bonds is 0. The highest BCUT2D eigenvalue weighted by Crippen LogP contribution is 2.37. The molecule has 0 aromatic carbocycles. The fourth-order valence-corrected chi connectivity index (χ4v) is 5.29.